The van der Waals surface area contributed by atoms with Gasteiger partial charge < -0.3 is 0 Å². The van der Waals surface area contributed by atoms with Gasteiger partial charge in [-0.05, 0) is 0 Å². The molecule has 0 aliphatic rings. The molecule has 8 heteroatoms. The molecule has 2 aromatic carbocycles. The molecule has 0 unspecified atom stereocenters. The summed E-state index contributed by atoms with van der Waals surface area (Å²) in [5, 5.41) is 0. The molecule has 0 amide bonds. The Morgan fingerprint density at radius 3 is 0.688 bits per heavy atom. The Balaban J connectivity index is 0. The first-order chi connectivity index (χ1) is 13.7. The molecule has 0 saturated carbocycles. The summed E-state index contributed by atoms with van der Waals surface area (Å²) in [6.45, 7) is 38.5. The summed E-state index contributed by atoms with van der Waals surface area (Å²) < 4.78 is 0. The molecular weight excluding hydrogens is 576 g/mol. The van der Waals surface area contributed by atoms with Crippen molar-refractivity contribution in [3.05, 3.63) is 60.7 Å². The topological polar surface area (TPSA) is 0 Å². The van der Waals surface area contributed by atoms with Crippen LogP contribution in [0.3, 0.4) is 0 Å². The zero-order valence-corrected chi connectivity index (χ0v) is 33.2. The minimum absolute atomic E-state index is 0. The van der Waals surface area contributed by atoms with Gasteiger partial charge in [-0.2, -0.15) is 36.4 Å². The monoisotopic (exact) mass is 626 g/mol. The number of rotatable bonds is 6. The second kappa shape index (κ2) is 14.0. The molecule has 0 bridgehead atoms. The molecule has 0 aromatic heterocycles. The van der Waals surface area contributed by atoms with E-state index in [9.17, 15) is 0 Å². The predicted molar refractivity (Wildman–Crippen MR) is 166 cm³/mol. The molecule has 2 aromatic rings. The quantitative estimate of drug-likeness (QED) is 0.223. The Kier molecular flexibility index (Phi) is 15.4. The Hall–Kier alpha value is 1.10. The third kappa shape index (κ3) is 12.7. The zero-order valence-electron chi connectivity index (χ0n) is 23.8. The van der Waals surface area contributed by atoms with Crippen LogP contribution in [-0.4, -0.2) is 52.2 Å². The summed E-state index contributed by atoms with van der Waals surface area (Å²) in [5.41, 5.74) is 0. The van der Waals surface area contributed by atoms with E-state index in [4.69, 9.17) is 0 Å². The van der Waals surface area contributed by atoms with E-state index in [1.165, 1.54) is 0 Å². The van der Waals surface area contributed by atoms with Gasteiger partial charge in [0.2, 0.25) is 0 Å². The molecule has 32 heavy (non-hydrogen) atoms. The van der Waals surface area contributed by atoms with E-state index >= 15 is 0 Å². The summed E-state index contributed by atoms with van der Waals surface area (Å²) >= 11 is 0. The van der Waals surface area contributed by atoms with Crippen molar-refractivity contribution in [3.63, 3.8) is 0 Å². The Bertz CT molecular complexity index is 560. The van der Waals surface area contributed by atoms with Crippen LogP contribution >= 0.6 is 0 Å². The van der Waals surface area contributed by atoms with E-state index in [1.54, 1.807) is 0 Å². The van der Waals surface area contributed by atoms with E-state index in [0.29, 0.717) is 0 Å². The molecule has 0 aliphatic carbocycles. The third-order valence-electron chi connectivity index (χ3n) is 5.36. The molecule has 0 saturated heterocycles. The summed E-state index contributed by atoms with van der Waals surface area (Å²) in [4.78, 5) is 0. The first kappa shape index (κ1) is 35.3. The van der Waals surface area contributed by atoms with Crippen molar-refractivity contribution in [2.75, 3.05) is 0 Å². The van der Waals surface area contributed by atoms with Crippen LogP contribution in [0.1, 0.15) is 0 Å². The normalized spacial score (nSPS) is 13.0. The molecule has 0 atom stereocenters. The molecule has 0 spiro atoms. The van der Waals surface area contributed by atoms with Gasteiger partial charge in [0.15, 0.2) is 0 Å². The van der Waals surface area contributed by atoms with Crippen molar-refractivity contribution in [2.45, 2.75) is 91.7 Å². The first-order valence-electron chi connectivity index (χ1n) is 11.8. The zero-order chi connectivity index (χ0) is 24.7. The van der Waals surface area contributed by atoms with Gasteiger partial charge in [0.1, 0.15) is 0 Å². The van der Waals surface area contributed by atoms with E-state index in [2.05, 4.69) is 91.7 Å². The van der Waals surface area contributed by atoms with E-state index < -0.39 is 37.5 Å². The maximum absolute atomic E-state index is 2.89. The minimum atomic E-state index is -1.05. The molecule has 0 aliphatic heterocycles. The standard InChI is InChI=1S/C14H42Si7.2C5H5.Zr/c1-17(2,3)15(18(4,5)6)21(13,14)16(19(7,8)9)20(10,11)12;2*1-2-4-5-3-1;/h1-14H3;2*1-5H;/q;2*-1;+2. The molecule has 0 heterocycles. The van der Waals surface area contributed by atoms with Gasteiger partial charge >= 0.3 is 26.2 Å². The fourth-order valence-electron chi connectivity index (χ4n) is 6.77. The van der Waals surface area contributed by atoms with Gasteiger partial charge in [0.25, 0.3) is 0 Å². The second-order valence-electron chi connectivity index (χ2n) is 13.3. The van der Waals surface area contributed by atoms with Crippen LogP contribution < -0.4 is 0 Å². The SMILES string of the molecule is C[Si](C)(C)[Si]([Si](C)(C)C)[Si](C)(C)[Si]([Si](C)(C)C)[Si](C)(C)C.[Zr+2].c1cc[cH-]c1.c1cc[cH-]c1. The van der Waals surface area contributed by atoms with Crippen molar-refractivity contribution >= 4 is 52.2 Å². The predicted octanol–water partition coefficient (Wildman–Crippen LogP) is 8.32. The molecule has 0 N–H and O–H groups in total. The second-order valence-corrected chi connectivity index (χ2v) is 81.0. The van der Waals surface area contributed by atoms with Gasteiger partial charge in [-0.1, -0.05) is 91.7 Å². The van der Waals surface area contributed by atoms with Gasteiger partial charge in [0.05, 0.1) is 0 Å². The van der Waals surface area contributed by atoms with E-state index in [1.807, 2.05) is 60.7 Å². The molecule has 0 nitrogen and oxygen atoms in total. The average Bonchev–Trinajstić information content (AvgIpc) is 3.19. The fraction of sp³-hybridized carbons (Fsp3) is 0.583. The minimum Gasteiger partial charge on any atom is -0.214 e. The maximum Gasteiger partial charge on any atom is 2.00 e. The Morgan fingerprint density at radius 2 is 0.594 bits per heavy atom. The van der Waals surface area contributed by atoms with Crippen LogP contribution in [0.2, 0.25) is 91.7 Å². The summed E-state index contributed by atoms with van der Waals surface area (Å²) in [6, 6.07) is 20.0. The summed E-state index contributed by atoms with van der Waals surface area (Å²) in [6.07, 6.45) is 0. The van der Waals surface area contributed by atoms with Gasteiger partial charge in [0, 0.05) is 52.2 Å². The van der Waals surface area contributed by atoms with Crippen molar-refractivity contribution in [2.24, 2.45) is 0 Å². The Morgan fingerprint density at radius 1 is 0.406 bits per heavy atom. The van der Waals surface area contributed by atoms with E-state index in [-0.39, 0.29) is 40.9 Å². The summed E-state index contributed by atoms with van der Waals surface area (Å²) in [7, 11) is -5.15. The van der Waals surface area contributed by atoms with Crippen molar-refractivity contribution in [3.8, 4) is 0 Å². The van der Waals surface area contributed by atoms with Crippen molar-refractivity contribution in [1.82, 2.24) is 0 Å². The molecule has 2 radical (unpaired) electrons. The molecule has 0 fully saturated rings. The molecule has 2 rings (SSSR count). The summed E-state index contributed by atoms with van der Waals surface area (Å²) in [5.74, 6) is 0. The van der Waals surface area contributed by atoms with Crippen LogP contribution in [-0.2, 0) is 26.2 Å². The third-order valence-corrected chi connectivity index (χ3v) is 129. The smallest absolute Gasteiger partial charge is 0.214 e. The first-order valence-corrected chi connectivity index (χ1v) is 37.8. The maximum atomic E-state index is 2.89. The van der Waals surface area contributed by atoms with Crippen molar-refractivity contribution in [1.29, 1.82) is 0 Å². The van der Waals surface area contributed by atoms with Crippen LogP contribution in [0, 0.1) is 0 Å². The molecular formula is C24H52Si7Zr. The average molecular weight is 629 g/mol. The fourth-order valence-corrected chi connectivity index (χ4v) is 234. The van der Waals surface area contributed by atoms with Gasteiger partial charge in [-0.15, -0.1) is 0 Å². The van der Waals surface area contributed by atoms with Crippen LogP contribution in [0.4, 0.5) is 0 Å². The number of hydrogen-bond donors (Lipinski definition) is 0. The van der Waals surface area contributed by atoms with Gasteiger partial charge in [-0.3, -0.25) is 0 Å². The molecule has 180 valence electrons. The van der Waals surface area contributed by atoms with Crippen LogP contribution in [0.25, 0.3) is 0 Å². The van der Waals surface area contributed by atoms with Crippen LogP contribution in [0.15, 0.2) is 60.7 Å². The van der Waals surface area contributed by atoms with E-state index in [0.717, 1.165) is 0 Å². The van der Waals surface area contributed by atoms with Gasteiger partial charge in [-0.25, -0.2) is 24.3 Å². The largest absolute Gasteiger partial charge is 2.00 e. The van der Waals surface area contributed by atoms with Crippen LogP contribution in [0.5, 0.6) is 0 Å². The Labute approximate surface area is 228 Å². The van der Waals surface area contributed by atoms with Crippen molar-refractivity contribution < 1.29 is 26.2 Å². The number of hydrogen-bond acceptors (Lipinski definition) is 0.